The highest BCUT2D eigenvalue weighted by atomic mass is 16.6. The molecular formula is C11H16N2O4. The van der Waals surface area contributed by atoms with Gasteiger partial charge in [0.2, 0.25) is 0 Å². The van der Waals surface area contributed by atoms with Crippen molar-refractivity contribution in [1.29, 1.82) is 0 Å². The minimum absolute atomic E-state index is 0.00302. The number of nitro groups is 1. The number of benzene rings is 1. The fraction of sp³-hybridized carbons (Fsp3) is 0.455. The first kappa shape index (κ1) is 13.2. The second-order valence-electron chi connectivity index (χ2n) is 3.27. The molecule has 0 aliphatic carbocycles. The van der Waals surface area contributed by atoms with E-state index in [1.54, 1.807) is 13.1 Å². The quantitative estimate of drug-likeness (QED) is 0.448. The third kappa shape index (κ3) is 4.28. The summed E-state index contributed by atoms with van der Waals surface area (Å²) in [5, 5.41) is 13.5. The summed E-state index contributed by atoms with van der Waals surface area (Å²) in [6.07, 6.45) is 0. The summed E-state index contributed by atoms with van der Waals surface area (Å²) >= 11 is 0. The maximum absolute atomic E-state index is 10.7. The molecule has 6 heteroatoms. The highest BCUT2D eigenvalue weighted by molar-refractivity contribution is 5.55. The minimum Gasteiger partial charge on any atom is -0.491 e. The van der Waals surface area contributed by atoms with Gasteiger partial charge in [-0.1, -0.05) is 0 Å². The molecule has 0 fully saturated rings. The molecule has 0 spiro atoms. The molecule has 1 rings (SSSR count). The molecule has 0 radical (unpaired) electrons. The van der Waals surface area contributed by atoms with Crippen LogP contribution in [0, 0.1) is 10.1 Å². The van der Waals surface area contributed by atoms with E-state index in [1.807, 2.05) is 6.92 Å². The Kier molecular flexibility index (Phi) is 5.22. The summed E-state index contributed by atoms with van der Waals surface area (Å²) in [4.78, 5) is 10.2. The van der Waals surface area contributed by atoms with Crippen LogP contribution >= 0.6 is 0 Å². The van der Waals surface area contributed by atoms with E-state index in [-0.39, 0.29) is 5.69 Å². The van der Waals surface area contributed by atoms with E-state index >= 15 is 0 Å². The highest BCUT2D eigenvalue weighted by Crippen LogP contribution is 2.25. The molecule has 0 aliphatic rings. The molecule has 0 saturated heterocycles. The lowest BCUT2D eigenvalue weighted by molar-refractivity contribution is -0.384. The second kappa shape index (κ2) is 6.70. The van der Waals surface area contributed by atoms with E-state index in [0.717, 1.165) is 0 Å². The molecule has 17 heavy (non-hydrogen) atoms. The van der Waals surface area contributed by atoms with Crippen molar-refractivity contribution in [2.24, 2.45) is 0 Å². The van der Waals surface area contributed by atoms with Crippen LogP contribution in [0.4, 0.5) is 11.4 Å². The van der Waals surface area contributed by atoms with Gasteiger partial charge in [0.1, 0.15) is 12.4 Å². The average molecular weight is 240 g/mol. The van der Waals surface area contributed by atoms with Crippen LogP contribution < -0.4 is 10.1 Å². The molecule has 6 nitrogen and oxygen atoms in total. The predicted octanol–water partition coefficient (Wildman–Crippen LogP) is 2.05. The van der Waals surface area contributed by atoms with Crippen LogP contribution in [0.3, 0.4) is 0 Å². The molecule has 0 amide bonds. The molecule has 1 aromatic carbocycles. The van der Waals surface area contributed by atoms with Crippen molar-refractivity contribution in [3.05, 3.63) is 28.3 Å². The number of non-ortho nitro benzene ring substituents is 1. The fourth-order valence-electron chi connectivity index (χ4n) is 1.28. The Labute approximate surface area is 99.7 Å². The molecular weight excluding hydrogens is 224 g/mol. The molecule has 0 atom stereocenters. The summed E-state index contributed by atoms with van der Waals surface area (Å²) in [6, 6.07) is 4.56. The van der Waals surface area contributed by atoms with Gasteiger partial charge in [-0.25, -0.2) is 0 Å². The number of nitrogens with zero attached hydrogens (tertiary/aromatic N) is 1. The Bertz CT molecular complexity index is 382. The number of rotatable bonds is 7. The second-order valence-corrected chi connectivity index (χ2v) is 3.27. The Balaban J connectivity index is 2.70. The van der Waals surface area contributed by atoms with E-state index in [0.29, 0.717) is 31.3 Å². The first-order valence-corrected chi connectivity index (χ1v) is 5.35. The number of nitro benzene ring substituents is 1. The summed E-state index contributed by atoms with van der Waals surface area (Å²) in [7, 11) is 1.70. The summed E-state index contributed by atoms with van der Waals surface area (Å²) < 4.78 is 10.5. The number of ether oxygens (including phenoxy) is 2. The largest absolute Gasteiger partial charge is 0.491 e. The van der Waals surface area contributed by atoms with Crippen LogP contribution in [0.15, 0.2) is 18.2 Å². The van der Waals surface area contributed by atoms with Gasteiger partial charge >= 0.3 is 0 Å². The van der Waals surface area contributed by atoms with Crippen molar-refractivity contribution in [2.45, 2.75) is 6.92 Å². The monoisotopic (exact) mass is 240 g/mol. The van der Waals surface area contributed by atoms with Crippen molar-refractivity contribution in [3.8, 4) is 5.75 Å². The molecule has 0 unspecified atom stereocenters. The Morgan fingerprint density at radius 1 is 1.35 bits per heavy atom. The van der Waals surface area contributed by atoms with Gasteiger partial charge < -0.3 is 14.8 Å². The SMILES string of the molecule is CCOCCOc1cc(NC)cc([N+](=O)[O-])c1. The number of hydrogen-bond acceptors (Lipinski definition) is 5. The highest BCUT2D eigenvalue weighted by Gasteiger charge is 2.09. The third-order valence-corrected chi connectivity index (χ3v) is 2.09. The van der Waals surface area contributed by atoms with Crippen LogP contribution in [0.1, 0.15) is 6.92 Å². The Hall–Kier alpha value is -1.82. The summed E-state index contributed by atoms with van der Waals surface area (Å²) in [5.74, 6) is 0.461. The molecule has 1 aromatic rings. The van der Waals surface area contributed by atoms with Gasteiger partial charge in [0.25, 0.3) is 5.69 Å². The lowest BCUT2D eigenvalue weighted by Gasteiger charge is -2.08. The maximum Gasteiger partial charge on any atom is 0.275 e. The molecule has 0 aromatic heterocycles. The lowest BCUT2D eigenvalue weighted by Crippen LogP contribution is -2.06. The lowest BCUT2D eigenvalue weighted by atomic mass is 10.2. The molecule has 94 valence electrons. The van der Waals surface area contributed by atoms with Crippen LogP contribution in [-0.4, -0.2) is 31.8 Å². The zero-order chi connectivity index (χ0) is 12.7. The molecule has 0 saturated carbocycles. The van der Waals surface area contributed by atoms with E-state index in [9.17, 15) is 10.1 Å². The first-order valence-electron chi connectivity index (χ1n) is 5.35. The van der Waals surface area contributed by atoms with E-state index in [4.69, 9.17) is 9.47 Å². The van der Waals surface area contributed by atoms with Crippen molar-refractivity contribution in [3.63, 3.8) is 0 Å². The standard InChI is InChI=1S/C11H16N2O4/c1-3-16-4-5-17-11-7-9(12-2)6-10(8-11)13(14)15/h6-8,12H,3-5H2,1-2H3. The molecule has 0 heterocycles. The predicted molar refractivity (Wildman–Crippen MR) is 64.6 cm³/mol. The van der Waals surface area contributed by atoms with Crippen molar-refractivity contribution in [1.82, 2.24) is 0 Å². The summed E-state index contributed by atoms with van der Waals surface area (Å²) in [6.45, 7) is 3.36. The van der Waals surface area contributed by atoms with E-state index in [1.165, 1.54) is 12.1 Å². The number of nitrogens with one attached hydrogen (secondary N) is 1. The summed E-state index contributed by atoms with van der Waals surface area (Å²) in [5.41, 5.74) is 0.647. The normalized spacial score (nSPS) is 10.0. The van der Waals surface area contributed by atoms with Crippen LogP contribution in [0.2, 0.25) is 0 Å². The van der Waals surface area contributed by atoms with E-state index < -0.39 is 4.92 Å². The van der Waals surface area contributed by atoms with Gasteiger partial charge in [-0.2, -0.15) is 0 Å². The van der Waals surface area contributed by atoms with Gasteiger partial charge in [-0.15, -0.1) is 0 Å². The van der Waals surface area contributed by atoms with Gasteiger partial charge in [-0.05, 0) is 6.92 Å². The van der Waals surface area contributed by atoms with Crippen molar-refractivity contribution >= 4 is 11.4 Å². The van der Waals surface area contributed by atoms with Crippen LogP contribution in [-0.2, 0) is 4.74 Å². The maximum atomic E-state index is 10.7. The Morgan fingerprint density at radius 2 is 2.12 bits per heavy atom. The average Bonchev–Trinajstić information content (AvgIpc) is 2.34. The smallest absolute Gasteiger partial charge is 0.275 e. The minimum atomic E-state index is -0.448. The van der Waals surface area contributed by atoms with Crippen molar-refractivity contribution in [2.75, 3.05) is 32.2 Å². The molecule has 0 bridgehead atoms. The van der Waals surface area contributed by atoms with Gasteiger partial charge in [-0.3, -0.25) is 10.1 Å². The fourth-order valence-corrected chi connectivity index (χ4v) is 1.28. The first-order chi connectivity index (χ1) is 8.17. The van der Waals surface area contributed by atoms with E-state index in [2.05, 4.69) is 5.32 Å². The number of hydrogen-bond donors (Lipinski definition) is 1. The van der Waals surface area contributed by atoms with Crippen molar-refractivity contribution < 1.29 is 14.4 Å². The Morgan fingerprint density at radius 3 is 2.71 bits per heavy atom. The van der Waals surface area contributed by atoms with Crippen LogP contribution in [0.25, 0.3) is 0 Å². The number of anilines is 1. The molecule has 1 N–H and O–H groups in total. The van der Waals surface area contributed by atoms with Crippen LogP contribution in [0.5, 0.6) is 5.75 Å². The zero-order valence-electron chi connectivity index (χ0n) is 9.93. The van der Waals surface area contributed by atoms with Gasteiger partial charge in [0.05, 0.1) is 17.6 Å². The molecule has 0 aliphatic heterocycles. The third-order valence-electron chi connectivity index (χ3n) is 2.09. The van der Waals surface area contributed by atoms with Gasteiger partial charge in [0, 0.05) is 31.5 Å². The van der Waals surface area contributed by atoms with Gasteiger partial charge in [0.15, 0.2) is 0 Å². The topological polar surface area (TPSA) is 73.6 Å². The zero-order valence-corrected chi connectivity index (χ0v) is 9.93.